The lowest BCUT2D eigenvalue weighted by Crippen LogP contribution is -2.38. The first-order valence-electron chi connectivity index (χ1n) is 7.79. The molecule has 2 N–H and O–H groups in total. The third-order valence-corrected chi connectivity index (χ3v) is 5.88. The molecule has 128 valence electrons. The van der Waals surface area contributed by atoms with Crippen LogP contribution in [-0.4, -0.2) is 35.1 Å². The van der Waals surface area contributed by atoms with Crippen molar-refractivity contribution in [3.8, 4) is 5.69 Å². The quantitative estimate of drug-likeness (QED) is 0.857. The normalized spacial score (nSPS) is 21.5. The second kappa shape index (κ2) is 6.74. The van der Waals surface area contributed by atoms with Gasteiger partial charge in [-0.05, 0) is 49.9 Å². The third kappa shape index (κ3) is 3.65. The summed E-state index contributed by atoms with van der Waals surface area (Å²) in [7, 11) is -3.61. The summed E-state index contributed by atoms with van der Waals surface area (Å²) < 4.78 is 29.4. The van der Waals surface area contributed by atoms with Gasteiger partial charge in [-0.2, -0.15) is 0 Å². The molecular formula is C16H19N3O4S. The van der Waals surface area contributed by atoms with E-state index in [9.17, 15) is 13.2 Å². The summed E-state index contributed by atoms with van der Waals surface area (Å²) in [6.45, 7) is 0. The van der Waals surface area contributed by atoms with E-state index in [1.807, 2.05) is 0 Å². The fourth-order valence-electron chi connectivity index (χ4n) is 2.95. The molecule has 0 unspecified atom stereocenters. The van der Waals surface area contributed by atoms with Gasteiger partial charge < -0.3 is 9.67 Å². The van der Waals surface area contributed by atoms with Crippen molar-refractivity contribution in [3.05, 3.63) is 43.0 Å². The first-order chi connectivity index (χ1) is 11.5. The molecule has 0 radical (unpaired) electrons. The lowest BCUT2D eigenvalue weighted by molar-refractivity contribution is -0.142. The van der Waals surface area contributed by atoms with Crippen molar-refractivity contribution < 1.29 is 18.3 Å². The minimum Gasteiger partial charge on any atom is -0.481 e. The van der Waals surface area contributed by atoms with Crippen LogP contribution in [0.15, 0.2) is 47.9 Å². The van der Waals surface area contributed by atoms with Gasteiger partial charge in [-0.25, -0.2) is 18.1 Å². The van der Waals surface area contributed by atoms with E-state index in [-0.39, 0.29) is 16.9 Å². The van der Waals surface area contributed by atoms with Crippen LogP contribution in [0.2, 0.25) is 0 Å². The summed E-state index contributed by atoms with van der Waals surface area (Å²) in [4.78, 5) is 15.1. The summed E-state index contributed by atoms with van der Waals surface area (Å²) in [6, 6.07) is 6.34. The lowest BCUT2D eigenvalue weighted by atomic mass is 9.87. The van der Waals surface area contributed by atoms with Crippen LogP contribution >= 0.6 is 0 Å². The van der Waals surface area contributed by atoms with Crippen molar-refractivity contribution in [2.75, 3.05) is 0 Å². The zero-order chi connectivity index (χ0) is 17.2. The van der Waals surface area contributed by atoms with Crippen LogP contribution in [0.3, 0.4) is 0 Å². The van der Waals surface area contributed by atoms with E-state index in [0.29, 0.717) is 25.7 Å². The largest absolute Gasteiger partial charge is 0.481 e. The molecule has 1 fully saturated rings. The van der Waals surface area contributed by atoms with Crippen molar-refractivity contribution >= 4 is 16.0 Å². The molecule has 1 aromatic heterocycles. The summed E-state index contributed by atoms with van der Waals surface area (Å²) in [5.41, 5.74) is 0.827. The molecule has 0 amide bonds. The minimum atomic E-state index is -3.61. The van der Waals surface area contributed by atoms with Crippen LogP contribution in [0.4, 0.5) is 0 Å². The Morgan fingerprint density at radius 2 is 1.83 bits per heavy atom. The van der Waals surface area contributed by atoms with Crippen LogP contribution in [0.1, 0.15) is 25.7 Å². The number of sulfonamides is 1. The number of rotatable bonds is 5. The molecule has 1 heterocycles. The van der Waals surface area contributed by atoms with Gasteiger partial charge in [-0.1, -0.05) is 0 Å². The molecular weight excluding hydrogens is 330 g/mol. The number of hydrogen-bond acceptors (Lipinski definition) is 4. The second-order valence-corrected chi connectivity index (χ2v) is 7.69. The standard InChI is InChI=1S/C16H19N3O4S/c20-16(21)12-1-3-13(4-2-12)18-24(22,23)15-7-5-14(6-8-15)19-10-9-17-11-19/h5-13,18H,1-4H2,(H,20,21)/t12-,13-. The first-order valence-corrected chi connectivity index (χ1v) is 9.27. The zero-order valence-electron chi connectivity index (χ0n) is 13.0. The van der Waals surface area contributed by atoms with Gasteiger partial charge in [0.1, 0.15) is 0 Å². The summed E-state index contributed by atoms with van der Waals surface area (Å²) in [6.07, 6.45) is 7.17. The maximum atomic E-state index is 12.5. The van der Waals surface area contributed by atoms with E-state index in [1.54, 1.807) is 47.6 Å². The molecule has 1 aromatic carbocycles. The highest BCUT2D eigenvalue weighted by molar-refractivity contribution is 7.89. The van der Waals surface area contributed by atoms with Crippen LogP contribution < -0.4 is 4.72 Å². The highest BCUT2D eigenvalue weighted by atomic mass is 32.2. The van der Waals surface area contributed by atoms with E-state index < -0.39 is 16.0 Å². The van der Waals surface area contributed by atoms with Gasteiger partial charge in [0.15, 0.2) is 0 Å². The lowest BCUT2D eigenvalue weighted by Gasteiger charge is -2.26. The fourth-order valence-corrected chi connectivity index (χ4v) is 4.26. The van der Waals surface area contributed by atoms with Crippen molar-refractivity contribution in [1.29, 1.82) is 0 Å². The maximum absolute atomic E-state index is 12.5. The SMILES string of the molecule is O=C(O)[C@H]1CC[C@H](NS(=O)(=O)c2ccc(-n3ccnc3)cc2)CC1. The summed E-state index contributed by atoms with van der Waals surface area (Å²) >= 11 is 0. The molecule has 0 saturated heterocycles. The Bertz CT molecular complexity index is 792. The number of benzene rings is 1. The summed E-state index contributed by atoms with van der Waals surface area (Å²) in [5.74, 6) is -1.16. The molecule has 1 aliphatic rings. The number of imidazole rings is 1. The van der Waals surface area contributed by atoms with Crippen LogP contribution in [0.5, 0.6) is 0 Å². The van der Waals surface area contributed by atoms with Gasteiger partial charge in [-0.15, -0.1) is 0 Å². The second-order valence-electron chi connectivity index (χ2n) is 5.97. The van der Waals surface area contributed by atoms with Crippen LogP contribution in [0, 0.1) is 5.92 Å². The predicted octanol–water partition coefficient (Wildman–Crippen LogP) is 1.79. The summed E-state index contributed by atoms with van der Waals surface area (Å²) in [5, 5.41) is 8.99. The predicted molar refractivity (Wildman–Crippen MR) is 87.3 cm³/mol. The number of nitrogens with zero attached hydrogens (tertiary/aromatic N) is 2. The smallest absolute Gasteiger partial charge is 0.306 e. The Kier molecular flexibility index (Phi) is 4.68. The molecule has 7 nitrogen and oxygen atoms in total. The van der Waals surface area contributed by atoms with Gasteiger partial charge in [-0.3, -0.25) is 4.79 Å². The molecule has 8 heteroatoms. The number of aromatic nitrogens is 2. The molecule has 0 bridgehead atoms. The van der Waals surface area contributed by atoms with E-state index in [1.165, 1.54) is 0 Å². The number of aliphatic carboxylic acids is 1. The van der Waals surface area contributed by atoms with Gasteiger partial charge in [0.05, 0.1) is 17.1 Å². The Balaban J connectivity index is 1.66. The van der Waals surface area contributed by atoms with Crippen molar-refractivity contribution in [3.63, 3.8) is 0 Å². The topological polar surface area (TPSA) is 101 Å². The van der Waals surface area contributed by atoms with Gasteiger partial charge in [0.25, 0.3) is 0 Å². The highest BCUT2D eigenvalue weighted by Crippen LogP contribution is 2.25. The molecule has 0 spiro atoms. The van der Waals surface area contributed by atoms with E-state index in [4.69, 9.17) is 5.11 Å². The number of carboxylic acids is 1. The van der Waals surface area contributed by atoms with E-state index >= 15 is 0 Å². The van der Waals surface area contributed by atoms with Gasteiger partial charge >= 0.3 is 5.97 Å². The van der Waals surface area contributed by atoms with Crippen molar-refractivity contribution in [1.82, 2.24) is 14.3 Å². The van der Waals surface area contributed by atoms with Gasteiger partial charge in [0, 0.05) is 24.1 Å². The average Bonchev–Trinajstić information content (AvgIpc) is 3.09. The fraction of sp³-hybridized carbons (Fsp3) is 0.375. The molecule has 1 aliphatic carbocycles. The average molecular weight is 349 g/mol. The van der Waals surface area contributed by atoms with Crippen LogP contribution in [0.25, 0.3) is 5.69 Å². The number of carboxylic acid groups (broad SMARTS) is 1. The Labute approximate surface area is 140 Å². The van der Waals surface area contributed by atoms with Crippen molar-refractivity contribution in [2.24, 2.45) is 5.92 Å². The maximum Gasteiger partial charge on any atom is 0.306 e. The Morgan fingerprint density at radius 1 is 1.17 bits per heavy atom. The number of nitrogens with one attached hydrogen (secondary N) is 1. The Hall–Kier alpha value is -2.19. The van der Waals surface area contributed by atoms with Crippen molar-refractivity contribution in [2.45, 2.75) is 36.6 Å². The van der Waals surface area contributed by atoms with Crippen LogP contribution in [-0.2, 0) is 14.8 Å². The number of hydrogen-bond donors (Lipinski definition) is 2. The first kappa shape index (κ1) is 16.7. The zero-order valence-corrected chi connectivity index (χ0v) is 13.8. The third-order valence-electron chi connectivity index (χ3n) is 4.35. The number of carbonyl (C=O) groups is 1. The minimum absolute atomic E-state index is 0.201. The molecule has 2 aromatic rings. The molecule has 1 saturated carbocycles. The molecule has 0 aliphatic heterocycles. The highest BCUT2D eigenvalue weighted by Gasteiger charge is 2.28. The van der Waals surface area contributed by atoms with E-state index in [2.05, 4.69) is 9.71 Å². The molecule has 3 rings (SSSR count). The monoisotopic (exact) mass is 349 g/mol. The van der Waals surface area contributed by atoms with Gasteiger partial charge in [0.2, 0.25) is 10.0 Å². The molecule has 0 atom stereocenters. The Morgan fingerprint density at radius 3 is 2.38 bits per heavy atom. The molecule has 24 heavy (non-hydrogen) atoms. The van der Waals surface area contributed by atoms with E-state index in [0.717, 1.165) is 5.69 Å².